The summed E-state index contributed by atoms with van der Waals surface area (Å²) in [6, 6.07) is 0. The second kappa shape index (κ2) is 38.5. The molecule has 2 N–H and O–H groups in total. The van der Waals surface area contributed by atoms with Crippen molar-refractivity contribution in [1.82, 2.24) is 0 Å². The van der Waals surface area contributed by atoms with Gasteiger partial charge in [0, 0.05) is 12.8 Å². The molecule has 0 aliphatic rings. The quantitative estimate of drug-likeness (QED) is 0.0279. The molecular weight excluding hydrogens is 675 g/mol. The van der Waals surface area contributed by atoms with Gasteiger partial charge in [-0.15, -0.1) is 0 Å². The summed E-state index contributed by atoms with van der Waals surface area (Å²) in [4.78, 5) is 42.8. The van der Waals surface area contributed by atoms with Gasteiger partial charge in [-0.05, 0) is 77.0 Å². The lowest BCUT2D eigenvalue weighted by molar-refractivity contribution is -0.161. The van der Waals surface area contributed by atoms with Gasteiger partial charge in [0.25, 0.3) is 0 Å². The van der Waals surface area contributed by atoms with Crippen molar-refractivity contribution < 1.29 is 37.9 Å². The Balaban J connectivity index is 4.04. The zero-order chi connectivity index (χ0) is 38.2. The summed E-state index contributed by atoms with van der Waals surface area (Å²) >= 11 is 0. The topological polar surface area (TPSA) is 119 Å². The minimum absolute atomic E-state index is 0.133. The van der Waals surface area contributed by atoms with Gasteiger partial charge in [-0.3, -0.25) is 14.1 Å². The maximum absolute atomic E-state index is 12.4. The lowest BCUT2D eigenvalue weighted by Crippen LogP contribution is -2.29. The highest BCUT2D eigenvalue weighted by Crippen LogP contribution is 2.36. The molecule has 0 radical (unpaired) electrons. The summed E-state index contributed by atoms with van der Waals surface area (Å²) in [5.74, 6) is -0.957. The van der Waals surface area contributed by atoms with E-state index in [-0.39, 0.29) is 19.4 Å². The fourth-order valence-corrected chi connectivity index (χ4v) is 5.78. The second-order valence-corrected chi connectivity index (χ2v) is 14.8. The molecule has 0 saturated carbocycles. The molecule has 9 heteroatoms. The molecule has 0 aliphatic carbocycles. The molecule has 0 aromatic carbocycles. The number of hydrogen-bond donors (Lipinski definition) is 2. The Bertz CT molecular complexity index is 1030. The van der Waals surface area contributed by atoms with Crippen molar-refractivity contribution in [2.24, 2.45) is 0 Å². The molecule has 8 nitrogen and oxygen atoms in total. The van der Waals surface area contributed by atoms with Crippen LogP contribution in [0.5, 0.6) is 0 Å². The van der Waals surface area contributed by atoms with E-state index < -0.39 is 32.5 Å². The van der Waals surface area contributed by atoms with Crippen molar-refractivity contribution in [3.63, 3.8) is 0 Å². The van der Waals surface area contributed by atoms with Crippen LogP contribution in [0.1, 0.15) is 181 Å². The standard InChI is InChI=1S/C43H75O8P/c1-3-5-7-9-11-13-15-17-19-21-23-25-27-29-31-33-35-37-42(44)49-39-41(40-50-52(46,47)48)51-43(45)38-36-34-32-30-28-26-24-22-20-18-16-14-12-10-8-6-4-2/h12,14,17-20,24,26,30,32,41H,3-11,13,15-16,21-23,25,27-29,31,33-40H2,1-2H3,(H2,46,47,48)/b14-12-,19-17-,20-18-,26-24-,32-30-/t41-/m1/s1. The molecular formula is C43H75O8P. The van der Waals surface area contributed by atoms with Crippen LogP contribution in [-0.4, -0.2) is 41.0 Å². The van der Waals surface area contributed by atoms with E-state index in [0.29, 0.717) is 19.3 Å². The predicted octanol–water partition coefficient (Wildman–Crippen LogP) is 12.5. The van der Waals surface area contributed by atoms with Crippen molar-refractivity contribution >= 4 is 19.8 Å². The molecule has 0 heterocycles. The zero-order valence-electron chi connectivity index (χ0n) is 32.9. The van der Waals surface area contributed by atoms with E-state index >= 15 is 0 Å². The SMILES string of the molecule is CCCCC/C=C\C/C=C\C/C=C\C/C=C\CCCC(=O)O[C@H](COC(=O)CCCCCCCCC/C=C\CCCCCCCC)COP(=O)(O)O. The number of ether oxygens (including phenoxy) is 2. The molecule has 0 spiro atoms. The third-order valence-corrected chi connectivity index (χ3v) is 8.99. The molecule has 300 valence electrons. The van der Waals surface area contributed by atoms with E-state index in [1.807, 2.05) is 6.08 Å². The Morgan fingerprint density at radius 3 is 1.40 bits per heavy atom. The van der Waals surface area contributed by atoms with Crippen LogP contribution in [0.4, 0.5) is 0 Å². The van der Waals surface area contributed by atoms with Gasteiger partial charge in [0.05, 0.1) is 6.61 Å². The smallest absolute Gasteiger partial charge is 0.462 e. The van der Waals surface area contributed by atoms with Gasteiger partial charge in [0.15, 0.2) is 6.10 Å². The molecule has 0 aromatic rings. The molecule has 52 heavy (non-hydrogen) atoms. The second-order valence-electron chi connectivity index (χ2n) is 13.6. The van der Waals surface area contributed by atoms with Crippen LogP contribution in [-0.2, 0) is 28.2 Å². The van der Waals surface area contributed by atoms with E-state index in [4.69, 9.17) is 19.3 Å². The van der Waals surface area contributed by atoms with Crippen LogP contribution in [0.25, 0.3) is 0 Å². The van der Waals surface area contributed by atoms with E-state index in [9.17, 15) is 14.2 Å². The maximum Gasteiger partial charge on any atom is 0.469 e. The van der Waals surface area contributed by atoms with Crippen molar-refractivity contribution in [3.05, 3.63) is 60.8 Å². The molecule has 0 rings (SSSR count). The number of phosphoric acid groups is 1. The van der Waals surface area contributed by atoms with E-state index in [2.05, 4.69) is 73.1 Å². The number of unbranched alkanes of at least 4 members (excludes halogenated alkanes) is 17. The minimum Gasteiger partial charge on any atom is -0.462 e. The van der Waals surface area contributed by atoms with Gasteiger partial charge in [-0.25, -0.2) is 4.57 Å². The van der Waals surface area contributed by atoms with Crippen molar-refractivity contribution in [1.29, 1.82) is 0 Å². The van der Waals surface area contributed by atoms with Gasteiger partial charge in [0.2, 0.25) is 0 Å². The Hall–Kier alpha value is -2.25. The molecule has 0 bridgehead atoms. The van der Waals surface area contributed by atoms with Crippen LogP contribution < -0.4 is 0 Å². The number of phosphoric ester groups is 1. The first kappa shape index (κ1) is 49.8. The fourth-order valence-electron chi connectivity index (χ4n) is 5.42. The highest BCUT2D eigenvalue weighted by molar-refractivity contribution is 7.46. The van der Waals surface area contributed by atoms with Gasteiger partial charge in [-0.2, -0.15) is 0 Å². The Kier molecular flexibility index (Phi) is 36.8. The Morgan fingerprint density at radius 2 is 0.885 bits per heavy atom. The minimum atomic E-state index is -4.77. The largest absolute Gasteiger partial charge is 0.469 e. The molecule has 0 fully saturated rings. The third-order valence-electron chi connectivity index (χ3n) is 8.51. The van der Waals surface area contributed by atoms with Crippen LogP contribution in [0.15, 0.2) is 60.8 Å². The Morgan fingerprint density at radius 1 is 0.500 bits per heavy atom. The number of rotatable bonds is 37. The summed E-state index contributed by atoms with van der Waals surface area (Å²) in [5.41, 5.74) is 0. The summed E-state index contributed by atoms with van der Waals surface area (Å²) in [5, 5.41) is 0. The number of esters is 2. The maximum atomic E-state index is 12.4. The lowest BCUT2D eigenvalue weighted by Gasteiger charge is -2.18. The van der Waals surface area contributed by atoms with Crippen molar-refractivity contribution in [3.8, 4) is 0 Å². The first-order valence-electron chi connectivity index (χ1n) is 20.6. The average molecular weight is 751 g/mol. The Labute approximate surface area is 317 Å². The van der Waals surface area contributed by atoms with Crippen LogP contribution in [0.3, 0.4) is 0 Å². The molecule has 0 unspecified atom stereocenters. The normalized spacial score (nSPS) is 13.1. The number of hydrogen-bond acceptors (Lipinski definition) is 6. The molecule has 1 atom stereocenters. The average Bonchev–Trinajstić information content (AvgIpc) is 3.11. The summed E-state index contributed by atoms with van der Waals surface area (Å²) in [7, 11) is -4.77. The van der Waals surface area contributed by atoms with Crippen LogP contribution in [0.2, 0.25) is 0 Å². The molecule has 0 aliphatic heterocycles. The van der Waals surface area contributed by atoms with Crippen LogP contribution >= 0.6 is 7.82 Å². The zero-order valence-corrected chi connectivity index (χ0v) is 33.8. The predicted molar refractivity (Wildman–Crippen MR) is 216 cm³/mol. The summed E-state index contributed by atoms with van der Waals surface area (Å²) in [6.45, 7) is 3.60. The van der Waals surface area contributed by atoms with Crippen molar-refractivity contribution in [2.75, 3.05) is 13.2 Å². The van der Waals surface area contributed by atoms with E-state index in [0.717, 1.165) is 44.9 Å². The third kappa shape index (κ3) is 40.5. The number of allylic oxidation sites excluding steroid dienone is 10. The van der Waals surface area contributed by atoms with Crippen molar-refractivity contribution in [2.45, 2.75) is 187 Å². The van der Waals surface area contributed by atoms with E-state index in [1.54, 1.807) is 0 Å². The highest BCUT2D eigenvalue weighted by atomic mass is 31.2. The monoisotopic (exact) mass is 751 g/mol. The van der Waals surface area contributed by atoms with Gasteiger partial charge < -0.3 is 19.3 Å². The van der Waals surface area contributed by atoms with Gasteiger partial charge in [0.1, 0.15) is 6.61 Å². The van der Waals surface area contributed by atoms with E-state index in [1.165, 1.54) is 89.9 Å². The first-order chi connectivity index (χ1) is 25.3. The highest BCUT2D eigenvalue weighted by Gasteiger charge is 2.22. The summed E-state index contributed by atoms with van der Waals surface area (Å²) < 4.78 is 26.3. The molecule has 0 amide bonds. The first-order valence-corrected chi connectivity index (χ1v) is 22.1. The molecule has 0 aromatic heterocycles. The summed E-state index contributed by atoms with van der Waals surface area (Å²) in [6.07, 6.45) is 48.0. The van der Waals surface area contributed by atoms with Crippen LogP contribution in [0, 0.1) is 0 Å². The lowest BCUT2D eigenvalue weighted by atomic mass is 10.1. The molecule has 0 saturated heterocycles. The fraction of sp³-hybridized carbons (Fsp3) is 0.721. The van der Waals surface area contributed by atoms with Gasteiger partial charge >= 0.3 is 19.8 Å². The number of carbonyl (C=O) groups excluding carboxylic acids is 2. The van der Waals surface area contributed by atoms with Gasteiger partial charge in [-0.1, -0.05) is 152 Å². The number of carbonyl (C=O) groups is 2.